The molecule has 0 fully saturated rings. The van der Waals surface area contributed by atoms with Crippen LogP contribution in [0.3, 0.4) is 0 Å². The van der Waals surface area contributed by atoms with Gasteiger partial charge in [0.1, 0.15) is 23.4 Å². The maximum absolute atomic E-state index is 7.27. The van der Waals surface area contributed by atoms with Crippen molar-refractivity contribution in [2.75, 3.05) is 0 Å². The molecule has 19 heavy (non-hydrogen) atoms. The summed E-state index contributed by atoms with van der Waals surface area (Å²) in [5.41, 5.74) is 6.68. The third-order valence-electron chi connectivity index (χ3n) is 2.67. The van der Waals surface area contributed by atoms with Crippen LogP contribution in [-0.2, 0) is 0 Å². The lowest BCUT2D eigenvalue weighted by atomic mass is 10.1. The lowest BCUT2D eigenvalue weighted by Crippen LogP contribution is -2.13. The number of amidine groups is 1. The van der Waals surface area contributed by atoms with Crippen molar-refractivity contribution >= 4 is 17.4 Å². The van der Waals surface area contributed by atoms with E-state index in [9.17, 15) is 0 Å². The highest BCUT2D eigenvalue weighted by molar-refractivity contribution is 6.31. The fraction of sp³-hybridized carbons (Fsp3) is 0.143. The molecule has 0 aliphatic rings. The summed E-state index contributed by atoms with van der Waals surface area (Å²) in [6.45, 7) is 1.92. The molecule has 1 aromatic heterocycles. The van der Waals surface area contributed by atoms with Gasteiger partial charge in [-0.15, -0.1) is 0 Å². The summed E-state index contributed by atoms with van der Waals surface area (Å²) >= 11 is 6.11. The number of nitrogens with one attached hydrogen (secondary N) is 1. The van der Waals surface area contributed by atoms with Crippen LogP contribution in [0.5, 0.6) is 5.75 Å². The second kappa shape index (κ2) is 5.71. The second-order valence-electron chi connectivity index (χ2n) is 4.07. The molecule has 0 aliphatic carbocycles. The molecule has 1 atom stereocenters. The Morgan fingerprint density at radius 2 is 2.05 bits per heavy atom. The molecule has 0 amide bonds. The number of aromatic nitrogens is 1. The molecule has 98 valence electrons. The topological polar surface area (TPSA) is 72.0 Å². The van der Waals surface area contributed by atoms with Crippen LogP contribution < -0.4 is 10.5 Å². The molecule has 2 rings (SSSR count). The van der Waals surface area contributed by atoms with E-state index in [2.05, 4.69) is 4.98 Å². The first kappa shape index (κ1) is 13.4. The molecule has 0 bridgehead atoms. The predicted molar refractivity (Wildman–Crippen MR) is 75.7 cm³/mol. The molecule has 0 radical (unpaired) electrons. The molecule has 3 N–H and O–H groups in total. The van der Waals surface area contributed by atoms with Gasteiger partial charge in [0.2, 0.25) is 0 Å². The molecule has 0 aliphatic heterocycles. The maximum atomic E-state index is 7.27. The Morgan fingerprint density at radius 3 is 2.63 bits per heavy atom. The van der Waals surface area contributed by atoms with Gasteiger partial charge < -0.3 is 10.5 Å². The van der Waals surface area contributed by atoms with Crippen molar-refractivity contribution in [1.82, 2.24) is 4.98 Å². The SMILES string of the molecule is CC(Oc1ccc(C(=N)N)nc1)c1ccccc1Cl. The van der Waals surface area contributed by atoms with E-state index in [-0.39, 0.29) is 11.9 Å². The summed E-state index contributed by atoms with van der Waals surface area (Å²) in [4.78, 5) is 4.04. The zero-order valence-electron chi connectivity index (χ0n) is 10.4. The number of rotatable bonds is 4. The molecule has 0 spiro atoms. The van der Waals surface area contributed by atoms with Crippen LogP contribution in [0, 0.1) is 5.41 Å². The number of hydrogen-bond acceptors (Lipinski definition) is 3. The summed E-state index contributed by atoms with van der Waals surface area (Å²) in [6, 6.07) is 10.9. The van der Waals surface area contributed by atoms with Gasteiger partial charge in [-0.25, -0.2) is 4.98 Å². The van der Waals surface area contributed by atoms with Crippen LogP contribution >= 0.6 is 11.6 Å². The molecule has 0 saturated heterocycles. The number of pyridine rings is 1. The molecular weight excluding hydrogens is 262 g/mol. The minimum absolute atomic E-state index is 0.0642. The number of nitrogens with zero attached hydrogens (tertiary/aromatic N) is 1. The van der Waals surface area contributed by atoms with E-state index in [4.69, 9.17) is 27.5 Å². The lowest BCUT2D eigenvalue weighted by Gasteiger charge is -2.16. The van der Waals surface area contributed by atoms with E-state index >= 15 is 0 Å². The molecule has 1 aromatic carbocycles. The third kappa shape index (κ3) is 3.23. The molecule has 0 saturated carbocycles. The number of halogens is 1. The first-order valence-corrected chi connectivity index (χ1v) is 6.17. The Hall–Kier alpha value is -2.07. The number of hydrogen-bond donors (Lipinski definition) is 2. The number of nitrogen functional groups attached to an aromatic ring is 1. The Balaban J connectivity index is 2.13. The molecule has 2 aromatic rings. The second-order valence-corrected chi connectivity index (χ2v) is 4.48. The normalized spacial score (nSPS) is 11.9. The minimum atomic E-state index is -0.182. The van der Waals surface area contributed by atoms with Crippen molar-refractivity contribution in [3.05, 3.63) is 58.9 Å². The molecule has 4 nitrogen and oxygen atoms in total. The van der Waals surface area contributed by atoms with E-state index in [1.807, 2.05) is 31.2 Å². The van der Waals surface area contributed by atoms with Gasteiger partial charge in [0, 0.05) is 10.6 Å². The van der Waals surface area contributed by atoms with Crippen molar-refractivity contribution in [1.29, 1.82) is 5.41 Å². The maximum Gasteiger partial charge on any atom is 0.141 e. The van der Waals surface area contributed by atoms with Crippen molar-refractivity contribution in [3.8, 4) is 5.75 Å². The van der Waals surface area contributed by atoms with Crippen LogP contribution in [0.15, 0.2) is 42.6 Å². The summed E-state index contributed by atoms with van der Waals surface area (Å²) in [7, 11) is 0. The number of ether oxygens (including phenoxy) is 1. The highest BCUT2D eigenvalue weighted by Gasteiger charge is 2.11. The van der Waals surface area contributed by atoms with Crippen molar-refractivity contribution in [2.45, 2.75) is 13.0 Å². The van der Waals surface area contributed by atoms with Gasteiger partial charge in [0.25, 0.3) is 0 Å². The van der Waals surface area contributed by atoms with E-state index in [0.717, 1.165) is 5.56 Å². The highest BCUT2D eigenvalue weighted by atomic mass is 35.5. The summed E-state index contributed by atoms with van der Waals surface area (Å²) in [6.07, 6.45) is 1.36. The Bertz CT molecular complexity index is 583. The smallest absolute Gasteiger partial charge is 0.141 e. The minimum Gasteiger partial charge on any atom is -0.484 e. The van der Waals surface area contributed by atoms with E-state index in [1.165, 1.54) is 0 Å². The number of benzene rings is 1. The fourth-order valence-electron chi connectivity index (χ4n) is 1.68. The largest absolute Gasteiger partial charge is 0.484 e. The zero-order valence-corrected chi connectivity index (χ0v) is 11.2. The standard InChI is InChI=1S/C14H14ClN3O/c1-9(11-4-2-3-5-12(11)15)19-10-6-7-13(14(16)17)18-8-10/h2-9H,1H3,(H3,16,17). The van der Waals surface area contributed by atoms with Gasteiger partial charge >= 0.3 is 0 Å². The highest BCUT2D eigenvalue weighted by Crippen LogP contribution is 2.26. The van der Waals surface area contributed by atoms with Gasteiger partial charge in [-0.2, -0.15) is 0 Å². The number of nitrogens with two attached hydrogens (primary N) is 1. The van der Waals surface area contributed by atoms with E-state index in [1.54, 1.807) is 18.3 Å². The third-order valence-corrected chi connectivity index (χ3v) is 3.01. The lowest BCUT2D eigenvalue weighted by molar-refractivity contribution is 0.226. The Labute approximate surface area is 116 Å². The first-order valence-electron chi connectivity index (χ1n) is 5.79. The van der Waals surface area contributed by atoms with E-state index < -0.39 is 0 Å². The van der Waals surface area contributed by atoms with Gasteiger partial charge in [-0.1, -0.05) is 29.8 Å². The summed E-state index contributed by atoms with van der Waals surface area (Å²) < 4.78 is 5.76. The fourth-order valence-corrected chi connectivity index (χ4v) is 1.97. The van der Waals surface area contributed by atoms with Crippen LogP contribution in [0.4, 0.5) is 0 Å². The van der Waals surface area contributed by atoms with Crippen LogP contribution in [0.25, 0.3) is 0 Å². The molecule has 1 unspecified atom stereocenters. The van der Waals surface area contributed by atoms with Gasteiger partial charge in [0.15, 0.2) is 0 Å². The van der Waals surface area contributed by atoms with Gasteiger partial charge in [0.05, 0.1) is 6.20 Å². The quantitative estimate of drug-likeness (QED) is 0.665. The van der Waals surface area contributed by atoms with Crippen molar-refractivity contribution in [3.63, 3.8) is 0 Å². The summed E-state index contributed by atoms with van der Waals surface area (Å²) in [5.74, 6) is 0.545. The molecular formula is C14H14ClN3O. The van der Waals surface area contributed by atoms with Crippen LogP contribution in [-0.4, -0.2) is 10.8 Å². The molecule has 5 heteroatoms. The Kier molecular flexibility index (Phi) is 4.02. The summed E-state index contributed by atoms with van der Waals surface area (Å²) in [5, 5.41) is 7.94. The van der Waals surface area contributed by atoms with Gasteiger partial charge in [-0.05, 0) is 25.1 Å². The van der Waals surface area contributed by atoms with Crippen LogP contribution in [0.1, 0.15) is 24.3 Å². The average Bonchev–Trinajstić information content (AvgIpc) is 2.39. The van der Waals surface area contributed by atoms with Gasteiger partial charge in [-0.3, -0.25) is 5.41 Å². The zero-order chi connectivity index (χ0) is 13.8. The average molecular weight is 276 g/mol. The first-order chi connectivity index (χ1) is 9.08. The van der Waals surface area contributed by atoms with Crippen LogP contribution in [0.2, 0.25) is 5.02 Å². The monoisotopic (exact) mass is 275 g/mol. The van der Waals surface area contributed by atoms with E-state index in [0.29, 0.717) is 16.5 Å². The van der Waals surface area contributed by atoms with Crippen molar-refractivity contribution in [2.24, 2.45) is 5.73 Å². The predicted octanol–water partition coefficient (Wildman–Crippen LogP) is 3.16. The molecule has 1 heterocycles. The van der Waals surface area contributed by atoms with Crippen molar-refractivity contribution < 1.29 is 4.74 Å². The Morgan fingerprint density at radius 1 is 1.32 bits per heavy atom.